The lowest BCUT2D eigenvalue weighted by Gasteiger charge is -2.25. The molecule has 0 amide bonds. The molecule has 4 rings (SSSR count). The summed E-state index contributed by atoms with van der Waals surface area (Å²) in [4.78, 5) is 10.7. The number of rotatable bonds is 2. The van der Waals surface area contributed by atoms with Gasteiger partial charge in [-0.25, -0.2) is 14.4 Å². The van der Waals surface area contributed by atoms with E-state index < -0.39 is 5.82 Å². The SMILES string of the molecule is COc1ccc2c(N3CC[C@H]4OCC[C@H]43)ncnc2c1F. The minimum absolute atomic E-state index is 0.204. The lowest BCUT2D eigenvalue weighted by Crippen LogP contribution is -2.32. The molecule has 2 aliphatic heterocycles. The van der Waals surface area contributed by atoms with Crippen LogP contribution in [0.25, 0.3) is 10.9 Å². The van der Waals surface area contributed by atoms with Gasteiger partial charge >= 0.3 is 0 Å². The van der Waals surface area contributed by atoms with Crippen molar-refractivity contribution in [1.82, 2.24) is 9.97 Å². The van der Waals surface area contributed by atoms with Crippen LogP contribution in [0.2, 0.25) is 0 Å². The van der Waals surface area contributed by atoms with E-state index in [1.165, 1.54) is 13.4 Å². The number of hydrogen-bond acceptors (Lipinski definition) is 5. The van der Waals surface area contributed by atoms with E-state index in [-0.39, 0.29) is 11.9 Å². The smallest absolute Gasteiger partial charge is 0.191 e. The number of benzene rings is 1. The molecule has 2 fully saturated rings. The second-order valence-electron chi connectivity index (χ2n) is 5.42. The van der Waals surface area contributed by atoms with Gasteiger partial charge in [-0.2, -0.15) is 0 Å². The van der Waals surface area contributed by atoms with Crippen molar-refractivity contribution < 1.29 is 13.9 Å². The molecule has 2 saturated heterocycles. The average Bonchev–Trinajstić information content (AvgIpc) is 3.10. The number of nitrogens with zero attached hydrogens (tertiary/aromatic N) is 3. The van der Waals surface area contributed by atoms with Crippen LogP contribution >= 0.6 is 0 Å². The first-order valence-corrected chi connectivity index (χ1v) is 7.15. The Morgan fingerprint density at radius 2 is 2.24 bits per heavy atom. The highest BCUT2D eigenvalue weighted by atomic mass is 19.1. The molecule has 2 aromatic rings. The van der Waals surface area contributed by atoms with Gasteiger partial charge in [0.1, 0.15) is 17.7 Å². The molecule has 0 aliphatic carbocycles. The van der Waals surface area contributed by atoms with Gasteiger partial charge in [0.25, 0.3) is 0 Å². The Morgan fingerprint density at radius 1 is 1.33 bits per heavy atom. The van der Waals surface area contributed by atoms with Crippen LogP contribution < -0.4 is 9.64 Å². The van der Waals surface area contributed by atoms with Gasteiger partial charge in [0.05, 0.1) is 19.3 Å². The summed E-state index contributed by atoms with van der Waals surface area (Å²) in [6.07, 6.45) is 3.69. The van der Waals surface area contributed by atoms with Gasteiger partial charge in [0, 0.05) is 18.5 Å². The fourth-order valence-electron chi connectivity index (χ4n) is 3.41. The summed E-state index contributed by atoms with van der Waals surface area (Å²) in [5, 5.41) is 0.725. The van der Waals surface area contributed by atoms with E-state index in [1.807, 2.05) is 6.07 Å². The van der Waals surface area contributed by atoms with Crippen LogP contribution in [0, 0.1) is 5.82 Å². The third-order valence-corrected chi connectivity index (χ3v) is 4.41. The molecule has 0 radical (unpaired) electrons. The van der Waals surface area contributed by atoms with Crippen molar-refractivity contribution in [3.8, 4) is 5.75 Å². The predicted molar refractivity (Wildman–Crippen MR) is 76.2 cm³/mol. The molecular formula is C15H16FN3O2. The molecule has 2 aliphatic rings. The predicted octanol–water partition coefficient (Wildman–Crippen LogP) is 2.15. The largest absolute Gasteiger partial charge is 0.494 e. The molecule has 21 heavy (non-hydrogen) atoms. The van der Waals surface area contributed by atoms with Crippen molar-refractivity contribution >= 4 is 16.7 Å². The molecule has 0 bridgehead atoms. The Morgan fingerprint density at radius 3 is 3.10 bits per heavy atom. The van der Waals surface area contributed by atoms with Gasteiger partial charge in [-0.3, -0.25) is 0 Å². The number of fused-ring (bicyclic) bond motifs is 2. The van der Waals surface area contributed by atoms with Crippen molar-refractivity contribution in [1.29, 1.82) is 0 Å². The van der Waals surface area contributed by atoms with E-state index in [1.54, 1.807) is 6.07 Å². The van der Waals surface area contributed by atoms with Gasteiger partial charge in [-0.05, 0) is 25.0 Å². The highest BCUT2D eigenvalue weighted by Gasteiger charge is 2.39. The number of hydrogen-bond donors (Lipinski definition) is 0. The first-order valence-electron chi connectivity index (χ1n) is 7.15. The summed E-state index contributed by atoms with van der Waals surface area (Å²) in [6, 6.07) is 3.80. The van der Waals surface area contributed by atoms with Crippen molar-refractivity contribution in [2.24, 2.45) is 0 Å². The lowest BCUT2D eigenvalue weighted by molar-refractivity contribution is 0.113. The third kappa shape index (κ3) is 1.86. The highest BCUT2D eigenvalue weighted by molar-refractivity contribution is 5.91. The third-order valence-electron chi connectivity index (χ3n) is 4.41. The Kier molecular flexibility index (Phi) is 2.92. The van der Waals surface area contributed by atoms with Crippen molar-refractivity contribution in [2.75, 3.05) is 25.2 Å². The molecule has 1 aromatic carbocycles. The molecule has 1 aromatic heterocycles. The fraction of sp³-hybridized carbons (Fsp3) is 0.467. The molecule has 5 nitrogen and oxygen atoms in total. The molecule has 0 N–H and O–H groups in total. The fourth-order valence-corrected chi connectivity index (χ4v) is 3.41. The molecule has 110 valence electrons. The van der Waals surface area contributed by atoms with Crippen LogP contribution in [0.4, 0.5) is 10.2 Å². The summed E-state index contributed by atoms with van der Waals surface area (Å²) in [6.45, 7) is 1.67. The van der Waals surface area contributed by atoms with Crippen LogP contribution in [-0.4, -0.2) is 42.4 Å². The standard InChI is InChI=1S/C15H16FN3O2/c1-20-12-3-2-9-14(13(12)16)17-8-18-15(9)19-6-4-11-10(19)5-7-21-11/h2-3,8,10-11H,4-7H2,1H3/t10-,11-/m1/s1. The molecule has 2 atom stereocenters. The summed E-state index contributed by atoms with van der Waals surface area (Å²) in [5.74, 6) is 0.562. The van der Waals surface area contributed by atoms with E-state index in [4.69, 9.17) is 9.47 Å². The van der Waals surface area contributed by atoms with Gasteiger partial charge in [-0.15, -0.1) is 0 Å². The Balaban J connectivity index is 1.84. The maximum Gasteiger partial charge on any atom is 0.191 e. The van der Waals surface area contributed by atoms with E-state index >= 15 is 0 Å². The summed E-state index contributed by atoms with van der Waals surface area (Å²) in [7, 11) is 1.45. The van der Waals surface area contributed by atoms with Crippen LogP contribution in [0.3, 0.4) is 0 Å². The van der Waals surface area contributed by atoms with Crippen LogP contribution in [-0.2, 0) is 4.74 Å². The molecule has 0 saturated carbocycles. The zero-order valence-electron chi connectivity index (χ0n) is 11.8. The molecule has 6 heteroatoms. The van der Waals surface area contributed by atoms with Crippen LogP contribution in [0.15, 0.2) is 18.5 Å². The summed E-state index contributed by atoms with van der Waals surface area (Å²) >= 11 is 0. The number of ether oxygens (including phenoxy) is 2. The van der Waals surface area contributed by atoms with Crippen molar-refractivity contribution in [3.63, 3.8) is 0 Å². The van der Waals surface area contributed by atoms with Gasteiger partial charge < -0.3 is 14.4 Å². The average molecular weight is 289 g/mol. The highest BCUT2D eigenvalue weighted by Crippen LogP contribution is 2.36. The summed E-state index contributed by atoms with van der Waals surface area (Å²) < 4.78 is 25.1. The first-order chi connectivity index (χ1) is 10.3. The van der Waals surface area contributed by atoms with Gasteiger partial charge in [-0.1, -0.05) is 0 Å². The maximum absolute atomic E-state index is 14.3. The van der Waals surface area contributed by atoms with E-state index in [0.717, 1.165) is 37.2 Å². The molecule has 3 heterocycles. The van der Waals surface area contributed by atoms with Crippen LogP contribution in [0.5, 0.6) is 5.75 Å². The second-order valence-corrected chi connectivity index (χ2v) is 5.42. The Hall–Kier alpha value is -1.95. The quantitative estimate of drug-likeness (QED) is 0.847. The lowest BCUT2D eigenvalue weighted by atomic mass is 10.1. The number of methoxy groups -OCH3 is 1. The zero-order valence-corrected chi connectivity index (χ0v) is 11.8. The van der Waals surface area contributed by atoms with E-state index in [0.29, 0.717) is 11.6 Å². The van der Waals surface area contributed by atoms with Gasteiger partial charge in [0.2, 0.25) is 0 Å². The number of anilines is 1. The second kappa shape index (κ2) is 4.80. The molecular weight excluding hydrogens is 273 g/mol. The summed E-state index contributed by atoms with van der Waals surface area (Å²) in [5.41, 5.74) is 0.307. The minimum atomic E-state index is -0.433. The van der Waals surface area contributed by atoms with E-state index in [2.05, 4.69) is 14.9 Å². The van der Waals surface area contributed by atoms with Crippen LogP contribution in [0.1, 0.15) is 12.8 Å². The van der Waals surface area contributed by atoms with E-state index in [9.17, 15) is 4.39 Å². The number of aromatic nitrogens is 2. The van der Waals surface area contributed by atoms with Gasteiger partial charge in [0.15, 0.2) is 11.6 Å². The number of halogens is 1. The first kappa shape index (κ1) is 12.8. The topological polar surface area (TPSA) is 47.5 Å². The molecule has 0 unspecified atom stereocenters. The molecule has 0 spiro atoms. The maximum atomic E-state index is 14.3. The monoisotopic (exact) mass is 289 g/mol. The Labute approximate surface area is 121 Å². The van der Waals surface area contributed by atoms with Crippen molar-refractivity contribution in [3.05, 3.63) is 24.3 Å². The Bertz CT molecular complexity index is 694. The van der Waals surface area contributed by atoms with Crippen molar-refractivity contribution in [2.45, 2.75) is 25.0 Å². The zero-order chi connectivity index (χ0) is 14.4. The normalized spacial score (nSPS) is 24.6. The minimum Gasteiger partial charge on any atom is -0.494 e.